The van der Waals surface area contributed by atoms with Crippen LogP contribution in [0.4, 0.5) is 20.6 Å². The van der Waals surface area contributed by atoms with E-state index in [1.807, 2.05) is 25.2 Å². The van der Waals surface area contributed by atoms with Gasteiger partial charge >= 0.3 is 12.0 Å². The van der Waals surface area contributed by atoms with Crippen LogP contribution in [0, 0.1) is 5.82 Å². The number of thiophene rings is 1. The van der Waals surface area contributed by atoms with Gasteiger partial charge < -0.3 is 31.1 Å². The van der Waals surface area contributed by atoms with Gasteiger partial charge in [0.2, 0.25) is 0 Å². The maximum absolute atomic E-state index is 14.8. The fraction of sp³-hybridized carbons (Fsp3) is 0.310. The molecule has 1 aliphatic carbocycles. The van der Waals surface area contributed by atoms with E-state index in [1.165, 1.54) is 23.5 Å². The normalized spacial score (nSPS) is 13.5. The number of carbonyl (C=O) groups is 2. The number of hydrogen-bond donors (Lipinski definition) is 4. The van der Waals surface area contributed by atoms with Crippen LogP contribution in [0.5, 0.6) is 11.5 Å². The van der Waals surface area contributed by atoms with Gasteiger partial charge in [0, 0.05) is 43.7 Å². The molecular formula is C29H31FN6O4S. The first kappa shape index (κ1) is 28.2. The summed E-state index contributed by atoms with van der Waals surface area (Å²) in [6.45, 7) is 0.752. The number of carbonyl (C=O) groups excluding carboxylic acids is 1. The van der Waals surface area contributed by atoms with E-state index in [0.29, 0.717) is 23.4 Å². The predicted molar refractivity (Wildman–Crippen MR) is 157 cm³/mol. The highest BCUT2D eigenvalue weighted by molar-refractivity contribution is 7.22. The fourth-order valence-corrected chi connectivity index (χ4v) is 5.25. The molecule has 0 spiro atoms. The van der Waals surface area contributed by atoms with Gasteiger partial charge in [-0.2, -0.15) is 0 Å². The standard InChI is InChI=1S/C29H31FN6O4S/c1-36(13-3-2-4-21(31)28(37)38)19-8-9-22(33-16-19)26-15-23-27(41-26)25(11-12-32-23)40-24-10-7-18(14-20(24)30)35-29(39)34-17-5-6-17/h7-12,14-17,21H,2-6,13,31H2,1H3,(H,37,38)(H2,34,35,39)/t21-/m0/s1. The molecule has 2 amide bonds. The van der Waals surface area contributed by atoms with E-state index < -0.39 is 17.8 Å². The molecule has 1 fully saturated rings. The highest BCUT2D eigenvalue weighted by Crippen LogP contribution is 2.39. The summed E-state index contributed by atoms with van der Waals surface area (Å²) in [5, 5.41) is 14.3. The third-order valence-electron chi connectivity index (χ3n) is 6.71. The molecule has 1 aliphatic rings. The second-order valence-corrected chi connectivity index (χ2v) is 11.1. The number of aliphatic carboxylic acids is 1. The van der Waals surface area contributed by atoms with Crippen molar-refractivity contribution in [1.29, 1.82) is 0 Å². The van der Waals surface area contributed by atoms with Crippen molar-refractivity contribution < 1.29 is 23.8 Å². The van der Waals surface area contributed by atoms with Gasteiger partial charge in [0.25, 0.3) is 0 Å². The summed E-state index contributed by atoms with van der Waals surface area (Å²) < 4.78 is 21.5. The Morgan fingerprint density at radius 2 is 2.00 bits per heavy atom. The predicted octanol–water partition coefficient (Wildman–Crippen LogP) is 5.59. The smallest absolute Gasteiger partial charge is 0.320 e. The molecule has 3 aromatic heterocycles. The Bertz CT molecular complexity index is 1540. The Morgan fingerprint density at radius 3 is 2.71 bits per heavy atom. The minimum Gasteiger partial charge on any atom is -0.480 e. The molecule has 0 aliphatic heterocycles. The van der Waals surface area contributed by atoms with Crippen LogP contribution in [-0.2, 0) is 4.79 Å². The van der Waals surface area contributed by atoms with Crippen molar-refractivity contribution >= 4 is 44.9 Å². The monoisotopic (exact) mass is 578 g/mol. The van der Waals surface area contributed by atoms with E-state index >= 15 is 0 Å². The molecule has 41 heavy (non-hydrogen) atoms. The van der Waals surface area contributed by atoms with Crippen molar-refractivity contribution in [3.8, 4) is 22.1 Å². The van der Waals surface area contributed by atoms with Gasteiger partial charge in [0.15, 0.2) is 11.6 Å². The molecule has 0 unspecified atom stereocenters. The lowest BCUT2D eigenvalue weighted by molar-refractivity contribution is -0.138. The number of rotatable bonds is 12. The number of anilines is 2. The topological polar surface area (TPSA) is 143 Å². The summed E-state index contributed by atoms with van der Waals surface area (Å²) in [7, 11) is 1.96. The molecule has 4 aromatic rings. The third kappa shape index (κ3) is 7.27. The van der Waals surface area contributed by atoms with Gasteiger partial charge in [0.05, 0.1) is 32.7 Å². The van der Waals surface area contributed by atoms with Crippen LogP contribution in [0.2, 0.25) is 0 Å². The quantitative estimate of drug-likeness (QED) is 0.159. The zero-order valence-corrected chi connectivity index (χ0v) is 23.3. The number of halogens is 1. The molecule has 1 atom stereocenters. The van der Waals surface area contributed by atoms with Crippen molar-refractivity contribution in [2.75, 3.05) is 23.8 Å². The Morgan fingerprint density at radius 1 is 1.17 bits per heavy atom. The molecule has 0 saturated heterocycles. The largest absolute Gasteiger partial charge is 0.480 e. The maximum Gasteiger partial charge on any atom is 0.320 e. The number of aromatic nitrogens is 2. The number of hydrogen-bond acceptors (Lipinski definition) is 8. The number of nitrogens with zero attached hydrogens (tertiary/aromatic N) is 3. The number of fused-ring (bicyclic) bond motifs is 1. The number of carboxylic acids is 1. The molecule has 5 rings (SSSR count). The SMILES string of the molecule is CN(CCCC[C@H](N)C(=O)O)c1ccc(-c2cc3nccc(Oc4ccc(NC(=O)NC5CC5)cc4F)c3s2)nc1. The Balaban J connectivity index is 1.23. The third-order valence-corrected chi connectivity index (χ3v) is 7.88. The highest BCUT2D eigenvalue weighted by Gasteiger charge is 2.23. The number of benzene rings is 1. The zero-order valence-electron chi connectivity index (χ0n) is 22.5. The Labute approximate surface area is 240 Å². The number of nitrogens with one attached hydrogen (secondary N) is 2. The second kappa shape index (κ2) is 12.5. The zero-order chi connectivity index (χ0) is 28.9. The van der Waals surface area contributed by atoms with Crippen molar-refractivity contribution in [3.63, 3.8) is 0 Å². The summed E-state index contributed by atoms with van der Waals surface area (Å²) in [5.41, 5.74) is 8.33. The first-order chi connectivity index (χ1) is 19.8. The minimum atomic E-state index is -0.974. The van der Waals surface area contributed by atoms with E-state index in [-0.39, 0.29) is 17.8 Å². The van der Waals surface area contributed by atoms with Crippen LogP contribution < -0.4 is 26.0 Å². The van der Waals surface area contributed by atoms with Crippen molar-refractivity contribution in [2.45, 2.75) is 44.2 Å². The van der Waals surface area contributed by atoms with Gasteiger partial charge in [-0.05, 0) is 62.4 Å². The van der Waals surface area contributed by atoms with Gasteiger partial charge in [-0.15, -0.1) is 11.3 Å². The van der Waals surface area contributed by atoms with Crippen LogP contribution in [0.1, 0.15) is 32.1 Å². The van der Waals surface area contributed by atoms with Crippen molar-refractivity contribution in [3.05, 3.63) is 60.7 Å². The van der Waals surface area contributed by atoms with E-state index in [4.69, 9.17) is 15.6 Å². The molecule has 3 heterocycles. The molecule has 0 radical (unpaired) electrons. The number of carboxylic acid groups (broad SMARTS) is 1. The average molecular weight is 579 g/mol. The van der Waals surface area contributed by atoms with Gasteiger partial charge in [-0.25, -0.2) is 9.18 Å². The molecule has 214 valence electrons. The van der Waals surface area contributed by atoms with Gasteiger partial charge in [0.1, 0.15) is 11.8 Å². The van der Waals surface area contributed by atoms with E-state index in [9.17, 15) is 14.0 Å². The van der Waals surface area contributed by atoms with Crippen LogP contribution in [0.25, 0.3) is 20.8 Å². The first-order valence-electron chi connectivity index (χ1n) is 13.4. The number of urea groups is 1. The van der Waals surface area contributed by atoms with Crippen LogP contribution in [0.15, 0.2) is 54.9 Å². The molecule has 1 saturated carbocycles. The summed E-state index contributed by atoms with van der Waals surface area (Å²) in [5.74, 6) is -1.06. The van der Waals surface area contributed by atoms with Crippen LogP contribution >= 0.6 is 11.3 Å². The first-order valence-corrected chi connectivity index (χ1v) is 14.2. The van der Waals surface area contributed by atoms with Crippen molar-refractivity contribution in [2.24, 2.45) is 5.73 Å². The maximum atomic E-state index is 14.8. The summed E-state index contributed by atoms with van der Waals surface area (Å²) in [6, 6.07) is 10.9. The number of unbranched alkanes of at least 4 members (excludes halogenated alkanes) is 1. The summed E-state index contributed by atoms with van der Waals surface area (Å²) in [4.78, 5) is 34.8. The summed E-state index contributed by atoms with van der Waals surface area (Å²) >= 11 is 1.45. The summed E-state index contributed by atoms with van der Waals surface area (Å²) in [6.07, 6.45) is 7.33. The fourth-order valence-electron chi connectivity index (χ4n) is 4.20. The minimum absolute atomic E-state index is 0.0380. The lowest BCUT2D eigenvalue weighted by atomic mass is 10.1. The second-order valence-electron chi connectivity index (χ2n) is 10.0. The highest BCUT2D eigenvalue weighted by atomic mass is 32.1. The van der Waals surface area contributed by atoms with Crippen molar-refractivity contribution in [1.82, 2.24) is 15.3 Å². The number of pyridine rings is 2. The van der Waals surface area contributed by atoms with E-state index in [1.54, 1.807) is 24.5 Å². The molecule has 1 aromatic carbocycles. The number of ether oxygens (including phenoxy) is 1. The average Bonchev–Trinajstić information content (AvgIpc) is 3.65. The number of nitrogens with two attached hydrogens (primary N) is 1. The molecule has 12 heteroatoms. The van der Waals surface area contributed by atoms with E-state index in [0.717, 1.165) is 53.2 Å². The molecule has 5 N–H and O–H groups in total. The number of amides is 2. The Kier molecular flexibility index (Phi) is 8.60. The molecule has 0 bridgehead atoms. The van der Waals surface area contributed by atoms with Gasteiger partial charge in [-0.3, -0.25) is 14.8 Å². The molecule has 10 nitrogen and oxygen atoms in total. The van der Waals surface area contributed by atoms with E-state index in [2.05, 4.69) is 25.5 Å². The van der Waals surface area contributed by atoms with Crippen LogP contribution in [0.3, 0.4) is 0 Å². The van der Waals surface area contributed by atoms with Crippen LogP contribution in [-0.4, -0.2) is 52.8 Å². The molecular weight excluding hydrogens is 547 g/mol. The lowest BCUT2D eigenvalue weighted by Crippen LogP contribution is -2.30. The lowest BCUT2D eigenvalue weighted by Gasteiger charge is -2.19. The Hall–Kier alpha value is -4.29. The van der Waals surface area contributed by atoms with Gasteiger partial charge in [-0.1, -0.05) is 0 Å².